The molecule has 22 heavy (non-hydrogen) atoms. The molecule has 0 radical (unpaired) electrons. The minimum Gasteiger partial charge on any atom is -0.370 e. The number of benzene rings is 1. The number of halogens is 2. The van der Waals surface area contributed by atoms with Crippen LogP contribution in [0.25, 0.3) is 0 Å². The van der Waals surface area contributed by atoms with Crippen LogP contribution in [0.2, 0.25) is 0 Å². The largest absolute Gasteiger partial charge is 0.370 e. The molecule has 2 rings (SSSR count). The van der Waals surface area contributed by atoms with Gasteiger partial charge in [-0.2, -0.15) is 0 Å². The van der Waals surface area contributed by atoms with E-state index in [2.05, 4.69) is 31.2 Å². The summed E-state index contributed by atoms with van der Waals surface area (Å²) in [6.07, 6.45) is 3.27. The van der Waals surface area contributed by atoms with Crippen molar-refractivity contribution in [3.63, 3.8) is 0 Å². The third kappa shape index (κ3) is 5.44. The minimum atomic E-state index is -0.257. The van der Waals surface area contributed by atoms with Gasteiger partial charge in [-0.15, -0.1) is 0 Å². The summed E-state index contributed by atoms with van der Waals surface area (Å²) < 4.78 is 13.6. The smallest absolute Gasteiger partial charge is 0.188 e. The van der Waals surface area contributed by atoms with Crippen LogP contribution in [0.5, 0.6) is 0 Å². The lowest BCUT2D eigenvalue weighted by molar-refractivity contribution is 0.620. The molecular weight excluding hydrogens is 347 g/mol. The van der Waals surface area contributed by atoms with Crippen molar-refractivity contribution in [2.45, 2.75) is 12.8 Å². The van der Waals surface area contributed by atoms with Gasteiger partial charge >= 0.3 is 0 Å². The molecule has 0 aliphatic carbocycles. The molecule has 0 amide bonds. The summed E-state index contributed by atoms with van der Waals surface area (Å²) in [6, 6.07) is 10.8. The van der Waals surface area contributed by atoms with E-state index < -0.39 is 0 Å². The predicted octanol–water partition coefficient (Wildman–Crippen LogP) is 2.67. The molecule has 0 aliphatic heterocycles. The summed E-state index contributed by atoms with van der Waals surface area (Å²) in [5, 5.41) is 3.05. The van der Waals surface area contributed by atoms with E-state index in [1.807, 2.05) is 18.2 Å². The second-order valence-corrected chi connectivity index (χ2v) is 5.62. The molecule has 0 saturated carbocycles. The SMILES string of the molecule is NC(=NCCc1ccccn1)NCCc1ccc(F)c(Br)c1. The second kappa shape index (κ2) is 8.48. The fourth-order valence-corrected chi connectivity index (χ4v) is 2.35. The van der Waals surface area contributed by atoms with E-state index in [9.17, 15) is 4.39 Å². The molecular formula is C16H18BrFN4. The molecule has 3 N–H and O–H groups in total. The fourth-order valence-electron chi connectivity index (χ4n) is 1.92. The minimum absolute atomic E-state index is 0.257. The van der Waals surface area contributed by atoms with Gasteiger partial charge in [0, 0.05) is 31.4 Å². The molecule has 2 aromatic rings. The van der Waals surface area contributed by atoms with E-state index in [1.165, 1.54) is 6.07 Å². The second-order valence-electron chi connectivity index (χ2n) is 4.76. The molecule has 0 aliphatic rings. The third-order valence-corrected chi connectivity index (χ3v) is 3.69. The van der Waals surface area contributed by atoms with E-state index in [-0.39, 0.29) is 5.82 Å². The van der Waals surface area contributed by atoms with E-state index in [0.29, 0.717) is 23.5 Å². The molecule has 116 valence electrons. The van der Waals surface area contributed by atoms with Crippen LogP contribution in [-0.4, -0.2) is 24.0 Å². The Labute approximate surface area is 137 Å². The molecule has 0 unspecified atom stereocenters. The van der Waals surface area contributed by atoms with Crippen LogP contribution in [0.4, 0.5) is 4.39 Å². The summed E-state index contributed by atoms with van der Waals surface area (Å²) in [4.78, 5) is 8.48. The van der Waals surface area contributed by atoms with Gasteiger partial charge in [0.2, 0.25) is 0 Å². The maximum Gasteiger partial charge on any atom is 0.188 e. The van der Waals surface area contributed by atoms with Gasteiger partial charge in [0.25, 0.3) is 0 Å². The molecule has 4 nitrogen and oxygen atoms in total. The third-order valence-electron chi connectivity index (χ3n) is 3.08. The number of pyridine rings is 1. The van der Waals surface area contributed by atoms with Crippen LogP contribution in [0, 0.1) is 5.82 Å². The molecule has 0 atom stereocenters. The molecule has 1 heterocycles. The van der Waals surface area contributed by atoms with E-state index >= 15 is 0 Å². The lowest BCUT2D eigenvalue weighted by Crippen LogP contribution is -2.33. The van der Waals surface area contributed by atoms with Crippen LogP contribution >= 0.6 is 15.9 Å². The molecule has 0 saturated heterocycles. The Kier molecular flexibility index (Phi) is 6.33. The van der Waals surface area contributed by atoms with Crippen molar-refractivity contribution in [1.29, 1.82) is 0 Å². The van der Waals surface area contributed by atoms with Crippen LogP contribution < -0.4 is 11.1 Å². The number of nitrogens with two attached hydrogens (primary N) is 1. The Morgan fingerprint density at radius 2 is 2.14 bits per heavy atom. The zero-order valence-electron chi connectivity index (χ0n) is 12.1. The van der Waals surface area contributed by atoms with Gasteiger partial charge < -0.3 is 11.1 Å². The number of hydrogen-bond donors (Lipinski definition) is 2. The lowest BCUT2D eigenvalue weighted by atomic mass is 10.1. The Balaban J connectivity index is 1.71. The van der Waals surface area contributed by atoms with Gasteiger partial charge in [0.1, 0.15) is 5.82 Å². The molecule has 6 heteroatoms. The molecule has 1 aromatic carbocycles. The van der Waals surface area contributed by atoms with Gasteiger partial charge in [-0.05, 0) is 52.2 Å². The Morgan fingerprint density at radius 1 is 1.27 bits per heavy atom. The summed E-state index contributed by atoms with van der Waals surface area (Å²) in [7, 11) is 0. The van der Waals surface area contributed by atoms with Crippen LogP contribution in [-0.2, 0) is 12.8 Å². The number of nitrogens with one attached hydrogen (secondary N) is 1. The number of aromatic nitrogens is 1. The topological polar surface area (TPSA) is 63.3 Å². The van der Waals surface area contributed by atoms with E-state index in [1.54, 1.807) is 18.3 Å². The average Bonchev–Trinajstić information content (AvgIpc) is 2.52. The maximum absolute atomic E-state index is 13.1. The number of nitrogens with zero attached hydrogens (tertiary/aromatic N) is 2. The highest BCUT2D eigenvalue weighted by Crippen LogP contribution is 2.16. The first kappa shape index (κ1) is 16.4. The summed E-state index contributed by atoms with van der Waals surface area (Å²) in [6.45, 7) is 1.24. The quantitative estimate of drug-likeness (QED) is 0.611. The normalized spacial score (nSPS) is 11.5. The molecule has 0 spiro atoms. The first-order chi connectivity index (χ1) is 10.6. The van der Waals surface area contributed by atoms with Crippen molar-refractivity contribution in [3.05, 3.63) is 64.1 Å². The van der Waals surface area contributed by atoms with Gasteiger partial charge in [-0.25, -0.2) is 4.39 Å². The van der Waals surface area contributed by atoms with Crippen molar-refractivity contribution in [1.82, 2.24) is 10.3 Å². The zero-order valence-corrected chi connectivity index (χ0v) is 13.7. The van der Waals surface area contributed by atoms with Crippen molar-refractivity contribution in [2.75, 3.05) is 13.1 Å². The van der Waals surface area contributed by atoms with Gasteiger partial charge in [-0.3, -0.25) is 9.98 Å². The highest BCUT2D eigenvalue weighted by Gasteiger charge is 2.00. The Morgan fingerprint density at radius 3 is 2.86 bits per heavy atom. The first-order valence-corrected chi connectivity index (χ1v) is 7.82. The monoisotopic (exact) mass is 364 g/mol. The highest BCUT2D eigenvalue weighted by atomic mass is 79.9. The van der Waals surface area contributed by atoms with Crippen molar-refractivity contribution in [2.24, 2.45) is 10.7 Å². The molecule has 1 aromatic heterocycles. The van der Waals surface area contributed by atoms with Crippen LogP contribution in [0.1, 0.15) is 11.3 Å². The first-order valence-electron chi connectivity index (χ1n) is 7.03. The van der Waals surface area contributed by atoms with E-state index in [0.717, 1.165) is 24.1 Å². The Hall–Kier alpha value is -1.95. The number of guanidine groups is 1. The summed E-state index contributed by atoms with van der Waals surface area (Å²) in [5.74, 6) is 0.157. The fraction of sp³-hybridized carbons (Fsp3) is 0.250. The number of hydrogen-bond acceptors (Lipinski definition) is 2. The van der Waals surface area contributed by atoms with Gasteiger partial charge in [0.15, 0.2) is 5.96 Å². The standard InChI is InChI=1S/C16H18BrFN4/c17-14-11-12(4-5-15(14)18)6-9-21-16(19)22-10-7-13-3-1-2-8-20-13/h1-5,8,11H,6-7,9-10H2,(H3,19,21,22). The van der Waals surface area contributed by atoms with Crippen molar-refractivity contribution in [3.8, 4) is 0 Å². The van der Waals surface area contributed by atoms with E-state index in [4.69, 9.17) is 5.73 Å². The molecule has 0 fully saturated rings. The summed E-state index contributed by atoms with van der Waals surface area (Å²) >= 11 is 3.17. The zero-order chi connectivity index (χ0) is 15.8. The number of aliphatic imine (C=N–C) groups is 1. The summed E-state index contributed by atoms with van der Waals surface area (Å²) in [5.41, 5.74) is 7.83. The average molecular weight is 365 g/mol. The lowest BCUT2D eigenvalue weighted by Gasteiger charge is -2.06. The highest BCUT2D eigenvalue weighted by molar-refractivity contribution is 9.10. The van der Waals surface area contributed by atoms with Crippen molar-refractivity contribution >= 4 is 21.9 Å². The van der Waals surface area contributed by atoms with Crippen molar-refractivity contribution < 1.29 is 4.39 Å². The predicted molar refractivity (Wildman–Crippen MR) is 90.2 cm³/mol. The number of rotatable bonds is 6. The van der Waals surface area contributed by atoms with Gasteiger partial charge in [0.05, 0.1) is 4.47 Å². The van der Waals surface area contributed by atoms with Crippen LogP contribution in [0.15, 0.2) is 52.1 Å². The van der Waals surface area contributed by atoms with Gasteiger partial charge in [-0.1, -0.05) is 12.1 Å². The molecule has 0 bridgehead atoms. The maximum atomic E-state index is 13.1. The Bertz CT molecular complexity index is 631. The van der Waals surface area contributed by atoms with Crippen LogP contribution in [0.3, 0.4) is 0 Å².